The van der Waals surface area contributed by atoms with Crippen LogP contribution in [0.25, 0.3) is 0 Å². The Morgan fingerprint density at radius 1 is 1.33 bits per heavy atom. The number of carboxylic acids is 1. The lowest BCUT2D eigenvalue weighted by atomic mass is 10.0. The van der Waals surface area contributed by atoms with Gasteiger partial charge in [-0.05, 0) is 37.0 Å². The molecule has 1 aromatic rings. The lowest BCUT2D eigenvalue weighted by molar-refractivity contribution is -0.139. The fraction of sp³-hybridized carbons (Fsp3) is 0.467. The molecular formula is C15H21NO5. The van der Waals surface area contributed by atoms with Gasteiger partial charge < -0.3 is 20.3 Å². The summed E-state index contributed by atoms with van der Waals surface area (Å²) in [6.07, 6.45) is 0.310. The summed E-state index contributed by atoms with van der Waals surface area (Å²) < 4.78 is 4.99. The second-order valence-corrected chi connectivity index (χ2v) is 5.36. The summed E-state index contributed by atoms with van der Waals surface area (Å²) >= 11 is 0. The molecule has 6 nitrogen and oxygen atoms in total. The number of carbonyl (C=O) groups excluding carboxylic acids is 1. The van der Waals surface area contributed by atoms with E-state index in [1.54, 1.807) is 13.0 Å². The minimum absolute atomic E-state index is 0.00172. The number of methoxy groups -OCH3 is 1. The van der Waals surface area contributed by atoms with Crippen LogP contribution in [0.4, 0.5) is 0 Å². The summed E-state index contributed by atoms with van der Waals surface area (Å²) in [7, 11) is 1.38. The molecule has 0 aliphatic carbocycles. The fourth-order valence-electron chi connectivity index (χ4n) is 2.00. The zero-order chi connectivity index (χ0) is 16.2. The maximum Gasteiger partial charge on any atom is 0.326 e. The lowest BCUT2D eigenvalue weighted by Gasteiger charge is -2.17. The Bertz CT molecular complexity index is 539. The standard InChI is InChI=1S/C15H21NO5/c1-8(2)5-11(15(19)20)16-14(18)10-6-9(3)7-12(21-4)13(10)17/h6-8,11,17H,5H2,1-4H3,(H,16,18)(H,19,20). The first-order valence-corrected chi connectivity index (χ1v) is 6.67. The van der Waals surface area contributed by atoms with Crippen molar-refractivity contribution in [1.29, 1.82) is 0 Å². The van der Waals surface area contributed by atoms with Crippen LogP contribution in [0.5, 0.6) is 11.5 Å². The molecule has 0 aromatic heterocycles. The summed E-state index contributed by atoms with van der Waals surface area (Å²) in [6.45, 7) is 5.49. The third-order valence-electron chi connectivity index (χ3n) is 2.99. The predicted molar refractivity (Wildman–Crippen MR) is 77.7 cm³/mol. The first-order chi connectivity index (χ1) is 9.76. The second kappa shape index (κ2) is 6.97. The van der Waals surface area contributed by atoms with Gasteiger partial charge in [0.15, 0.2) is 11.5 Å². The minimum Gasteiger partial charge on any atom is -0.504 e. The highest BCUT2D eigenvalue weighted by molar-refractivity contribution is 5.99. The van der Waals surface area contributed by atoms with Gasteiger partial charge in [0.25, 0.3) is 5.91 Å². The minimum atomic E-state index is -1.10. The van der Waals surface area contributed by atoms with Gasteiger partial charge in [-0.3, -0.25) is 4.79 Å². The van der Waals surface area contributed by atoms with Gasteiger partial charge in [0.2, 0.25) is 0 Å². The normalized spacial score (nSPS) is 12.0. The Hall–Kier alpha value is -2.24. The third-order valence-corrected chi connectivity index (χ3v) is 2.99. The van der Waals surface area contributed by atoms with E-state index >= 15 is 0 Å². The molecular weight excluding hydrogens is 274 g/mol. The van der Waals surface area contributed by atoms with E-state index in [4.69, 9.17) is 9.84 Å². The van der Waals surface area contributed by atoms with Crippen LogP contribution in [0.1, 0.15) is 36.2 Å². The Morgan fingerprint density at radius 3 is 2.43 bits per heavy atom. The average molecular weight is 295 g/mol. The summed E-state index contributed by atoms with van der Waals surface area (Å²) in [6, 6.07) is 2.08. The van der Waals surface area contributed by atoms with Crippen molar-refractivity contribution in [3.05, 3.63) is 23.3 Å². The van der Waals surface area contributed by atoms with Crippen LogP contribution >= 0.6 is 0 Å². The number of phenolic OH excluding ortho intramolecular Hbond substituents is 1. The van der Waals surface area contributed by atoms with Crippen molar-refractivity contribution in [3.8, 4) is 11.5 Å². The number of nitrogens with one attached hydrogen (secondary N) is 1. The Labute approximate surface area is 123 Å². The van der Waals surface area contributed by atoms with E-state index in [9.17, 15) is 14.7 Å². The molecule has 0 saturated heterocycles. The van der Waals surface area contributed by atoms with Gasteiger partial charge in [0, 0.05) is 0 Å². The molecule has 1 unspecified atom stereocenters. The number of aryl methyl sites for hydroxylation is 1. The second-order valence-electron chi connectivity index (χ2n) is 5.36. The average Bonchev–Trinajstić information content (AvgIpc) is 2.39. The van der Waals surface area contributed by atoms with Gasteiger partial charge in [-0.15, -0.1) is 0 Å². The van der Waals surface area contributed by atoms with Crippen molar-refractivity contribution in [2.45, 2.75) is 33.2 Å². The highest BCUT2D eigenvalue weighted by Crippen LogP contribution is 2.31. The number of hydrogen-bond donors (Lipinski definition) is 3. The van der Waals surface area contributed by atoms with Crippen molar-refractivity contribution in [2.75, 3.05) is 7.11 Å². The summed E-state index contributed by atoms with van der Waals surface area (Å²) in [5, 5.41) is 21.6. The molecule has 0 fully saturated rings. The zero-order valence-electron chi connectivity index (χ0n) is 12.6. The quantitative estimate of drug-likeness (QED) is 0.745. The van der Waals surface area contributed by atoms with Crippen molar-refractivity contribution in [2.24, 2.45) is 5.92 Å². The Kier molecular flexibility index (Phi) is 5.58. The number of rotatable bonds is 6. The topological polar surface area (TPSA) is 95.9 Å². The van der Waals surface area contributed by atoms with Crippen molar-refractivity contribution >= 4 is 11.9 Å². The van der Waals surface area contributed by atoms with E-state index in [1.165, 1.54) is 13.2 Å². The van der Waals surface area contributed by atoms with Gasteiger partial charge >= 0.3 is 5.97 Å². The first kappa shape index (κ1) is 16.8. The van der Waals surface area contributed by atoms with E-state index in [0.717, 1.165) is 5.56 Å². The van der Waals surface area contributed by atoms with Crippen LogP contribution in [0, 0.1) is 12.8 Å². The van der Waals surface area contributed by atoms with Gasteiger partial charge in [-0.1, -0.05) is 13.8 Å². The van der Waals surface area contributed by atoms with Crippen LogP contribution in [0.2, 0.25) is 0 Å². The van der Waals surface area contributed by atoms with E-state index < -0.39 is 17.9 Å². The number of ether oxygens (including phenoxy) is 1. The molecule has 116 valence electrons. The molecule has 1 atom stereocenters. The molecule has 21 heavy (non-hydrogen) atoms. The molecule has 0 saturated carbocycles. The monoisotopic (exact) mass is 295 g/mol. The summed E-state index contributed by atoms with van der Waals surface area (Å²) in [5.74, 6) is -1.74. The Balaban J connectivity index is 3.03. The van der Waals surface area contributed by atoms with E-state index in [1.807, 2.05) is 13.8 Å². The Morgan fingerprint density at radius 2 is 1.95 bits per heavy atom. The first-order valence-electron chi connectivity index (χ1n) is 6.67. The van der Waals surface area contributed by atoms with Gasteiger partial charge in [-0.25, -0.2) is 4.79 Å². The smallest absolute Gasteiger partial charge is 0.326 e. The molecule has 0 aliphatic heterocycles. The number of hydrogen-bond acceptors (Lipinski definition) is 4. The summed E-state index contributed by atoms with van der Waals surface area (Å²) in [5.41, 5.74) is 0.729. The van der Waals surface area contributed by atoms with E-state index in [-0.39, 0.29) is 23.0 Å². The lowest BCUT2D eigenvalue weighted by Crippen LogP contribution is -2.41. The molecule has 6 heteroatoms. The number of carbonyl (C=O) groups is 2. The molecule has 0 radical (unpaired) electrons. The highest BCUT2D eigenvalue weighted by Gasteiger charge is 2.24. The number of carboxylic acid groups (broad SMARTS) is 1. The molecule has 0 aliphatic rings. The van der Waals surface area contributed by atoms with Crippen molar-refractivity contribution in [3.63, 3.8) is 0 Å². The number of benzene rings is 1. The van der Waals surface area contributed by atoms with Crippen LogP contribution in [-0.2, 0) is 4.79 Å². The van der Waals surface area contributed by atoms with E-state index in [2.05, 4.69) is 5.32 Å². The van der Waals surface area contributed by atoms with Crippen LogP contribution in [0.3, 0.4) is 0 Å². The van der Waals surface area contributed by atoms with Crippen LogP contribution in [0.15, 0.2) is 12.1 Å². The summed E-state index contributed by atoms with van der Waals surface area (Å²) in [4.78, 5) is 23.4. The molecule has 0 spiro atoms. The van der Waals surface area contributed by atoms with Gasteiger partial charge in [0.05, 0.1) is 12.7 Å². The molecule has 1 aromatic carbocycles. The van der Waals surface area contributed by atoms with Gasteiger partial charge in [-0.2, -0.15) is 0 Å². The van der Waals surface area contributed by atoms with Crippen LogP contribution in [-0.4, -0.2) is 35.2 Å². The zero-order valence-corrected chi connectivity index (χ0v) is 12.6. The highest BCUT2D eigenvalue weighted by atomic mass is 16.5. The SMILES string of the molecule is COc1cc(C)cc(C(=O)NC(CC(C)C)C(=O)O)c1O. The number of amides is 1. The molecule has 3 N–H and O–H groups in total. The molecule has 0 heterocycles. The number of aliphatic carboxylic acids is 1. The van der Waals surface area contributed by atoms with Gasteiger partial charge in [0.1, 0.15) is 6.04 Å². The fourth-order valence-corrected chi connectivity index (χ4v) is 2.00. The third kappa shape index (κ3) is 4.37. The van der Waals surface area contributed by atoms with Crippen molar-refractivity contribution in [1.82, 2.24) is 5.32 Å². The largest absolute Gasteiger partial charge is 0.504 e. The number of phenols is 1. The molecule has 1 rings (SSSR count). The maximum atomic E-state index is 12.2. The maximum absolute atomic E-state index is 12.2. The van der Waals surface area contributed by atoms with Crippen LogP contribution < -0.4 is 10.1 Å². The van der Waals surface area contributed by atoms with E-state index in [0.29, 0.717) is 6.42 Å². The molecule has 1 amide bonds. The predicted octanol–water partition coefficient (Wildman–Crippen LogP) is 1.94. The number of aromatic hydroxyl groups is 1. The molecule has 0 bridgehead atoms. The van der Waals surface area contributed by atoms with Crippen molar-refractivity contribution < 1.29 is 24.5 Å².